The summed E-state index contributed by atoms with van der Waals surface area (Å²) in [5, 5.41) is 24.3. The van der Waals surface area contributed by atoms with Crippen molar-refractivity contribution >= 4 is 111 Å². The zero-order chi connectivity index (χ0) is 73.8. The predicted octanol–water partition coefficient (Wildman–Crippen LogP) is 9.09. The Balaban J connectivity index is 0.000000185. The number of rotatable bonds is 24. The van der Waals surface area contributed by atoms with Crippen LogP contribution in [0.15, 0.2) is 119 Å². The van der Waals surface area contributed by atoms with Crippen LogP contribution >= 0.6 is 23.2 Å². The van der Waals surface area contributed by atoms with Crippen LogP contribution in [-0.2, 0) is 69.7 Å². The predicted molar refractivity (Wildman–Crippen MR) is 378 cm³/mol. The van der Waals surface area contributed by atoms with Gasteiger partial charge in [0.25, 0.3) is 11.1 Å². The lowest BCUT2D eigenvalue weighted by Gasteiger charge is -2.23. The number of aryl methyl sites for hydroxylation is 2. The first kappa shape index (κ1) is 71.6. The molecule has 4 N–H and O–H groups in total. The summed E-state index contributed by atoms with van der Waals surface area (Å²) in [7, 11) is -4.52. The van der Waals surface area contributed by atoms with Gasteiger partial charge in [0.05, 0.1) is 103 Å². The molecule has 0 radical (unpaired) electrons. The Hall–Kier alpha value is -10.8. The molecular weight excluding hydrogens is 1440 g/mol. The molecule has 0 spiro atoms. The van der Waals surface area contributed by atoms with Crippen LogP contribution < -0.4 is 40.7 Å². The Morgan fingerprint density at radius 2 is 0.913 bits per heavy atom. The van der Waals surface area contributed by atoms with Crippen molar-refractivity contribution in [3.63, 3.8) is 0 Å². The Kier molecular flexibility index (Phi) is 19.8. The molecule has 540 valence electrons. The molecule has 2 aliphatic carbocycles. The summed E-state index contributed by atoms with van der Waals surface area (Å²) in [4.78, 5) is 75.2. The van der Waals surface area contributed by atoms with Gasteiger partial charge in [0.15, 0.2) is 22.9 Å². The highest BCUT2D eigenvalue weighted by molar-refractivity contribution is 7.92. The number of ether oxygens (including phenoxy) is 2. The fourth-order valence-electron chi connectivity index (χ4n) is 12.3. The first-order valence-electron chi connectivity index (χ1n) is 32.5. The molecule has 2 aliphatic rings. The summed E-state index contributed by atoms with van der Waals surface area (Å²) in [6, 6.07) is 19.3. The van der Waals surface area contributed by atoms with E-state index in [1.54, 1.807) is 40.3 Å². The number of benzene rings is 4. The van der Waals surface area contributed by atoms with E-state index in [1.165, 1.54) is 76.4 Å². The number of hydrogen-bond acceptors (Lipinski definition) is 18. The van der Waals surface area contributed by atoms with Crippen LogP contribution in [0.25, 0.3) is 55.2 Å². The SMILES string of the molecule is CCOc1ccc2c(=O)n(-c3ccc(Cl)c4c(NS(C)(=O)=O)nn(C)c34)c([C@H](Cc3cc(F)cc(F)c3)NC(=O)Cn3ccc(C4CC4)n3)nc2n1.CCOc1ccc2c(=O)n(-c3ccc(Cl)c4c(NS(C)(=O)=O)nn(C)c34)c([C@H](Cc3cc(F)cc(F)c3)NC(=O)Cn3ccc(C4CC4)n3)nc2n1. The number of carbonyl (C=O) groups is 2. The number of pyridine rings is 2. The summed E-state index contributed by atoms with van der Waals surface area (Å²) in [6.07, 6.45) is 9.01. The standard InChI is InChI=1S/2C34H32ClF2N9O5S/c2*1-4-51-28-10-7-22-31(39-28)40-33(46(34(22)48)26-9-8-23(35)29-30(26)44(2)42-32(29)43-52(3,49)50)25(15-18-13-20(36)16-21(37)14-18)38-27(47)17-45-12-11-24(41-45)19-5-6-19/h2*7-14,16,19,25H,4-6,15,17H2,1-3H3,(H,38,47)(H,42,43)/t2*25-/m00/s1. The van der Waals surface area contributed by atoms with Crippen LogP contribution in [0.5, 0.6) is 11.8 Å². The van der Waals surface area contributed by atoms with Crippen LogP contribution in [0.1, 0.15) is 97.6 Å². The van der Waals surface area contributed by atoms with E-state index in [2.05, 4.69) is 50.4 Å². The van der Waals surface area contributed by atoms with E-state index in [1.807, 2.05) is 12.1 Å². The van der Waals surface area contributed by atoms with E-state index in [-0.39, 0.29) is 151 Å². The molecule has 2 saturated carbocycles. The number of halogens is 6. The van der Waals surface area contributed by atoms with Crippen molar-refractivity contribution in [1.82, 2.24) is 78.8 Å². The van der Waals surface area contributed by atoms with Crippen molar-refractivity contribution in [2.24, 2.45) is 14.1 Å². The van der Waals surface area contributed by atoms with Crippen molar-refractivity contribution in [3.8, 4) is 23.1 Å². The van der Waals surface area contributed by atoms with Crippen LogP contribution in [0.2, 0.25) is 10.0 Å². The molecule has 28 nitrogen and oxygen atoms in total. The number of amides is 2. The van der Waals surface area contributed by atoms with Crippen LogP contribution in [0.4, 0.5) is 29.2 Å². The van der Waals surface area contributed by atoms with Crippen molar-refractivity contribution in [3.05, 3.63) is 198 Å². The van der Waals surface area contributed by atoms with Gasteiger partial charge in [-0.05, 0) is 123 Å². The van der Waals surface area contributed by atoms with Gasteiger partial charge in [0, 0.05) is 75.4 Å². The number of carbonyl (C=O) groups excluding carboxylic acids is 2. The summed E-state index contributed by atoms with van der Waals surface area (Å²) >= 11 is 13.2. The summed E-state index contributed by atoms with van der Waals surface area (Å²) < 4.78 is 131. The number of nitrogens with zero attached hydrogens (tertiary/aromatic N) is 14. The van der Waals surface area contributed by atoms with Gasteiger partial charge in [-0.25, -0.2) is 44.4 Å². The third-order valence-corrected chi connectivity index (χ3v) is 18.6. The minimum Gasteiger partial charge on any atom is -0.478 e. The lowest BCUT2D eigenvalue weighted by Crippen LogP contribution is -2.37. The molecule has 2 amide bonds. The van der Waals surface area contributed by atoms with Crippen LogP contribution in [0, 0.1) is 23.3 Å². The molecule has 0 bridgehead atoms. The molecule has 8 heterocycles. The topological polar surface area (TPSA) is 336 Å². The van der Waals surface area contributed by atoms with Crippen molar-refractivity contribution in [1.29, 1.82) is 0 Å². The second-order valence-electron chi connectivity index (χ2n) is 25.0. The lowest BCUT2D eigenvalue weighted by molar-refractivity contribution is -0.123. The van der Waals surface area contributed by atoms with Gasteiger partial charge in [0.2, 0.25) is 43.6 Å². The zero-order valence-corrected chi connectivity index (χ0v) is 59.3. The highest BCUT2D eigenvalue weighted by Crippen LogP contribution is 2.41. The monoisotopic (exact) mass is 1500 g/mol. The first-order valence-corrected chi connectivity index (χ1v) is 37.0. The van der Waals surface area contributed by atoms with Crippen LogP contribution in [0.3, 0.4) is 0 Å². The third-order valence-electron chi connectivity index (χ3n) is 16.9. The first-order chi connectivity index (χ1) is 49.5. The smallest absolute Gasteiger partial charge is 0.267 e. The second-order valence-corrected chi connectivity index (χ2v) is 29.3. The fourth-order valence-corrected chi connectivity index (χ4v) is 13.8. The zero-order valence-electron chi connectivity index (χ0n) is 56.2. The van der Waals surface area contributed by atoms with E-state index in [0.29, 0.717) is 11.8 Å². The largest absolute Gasteiger partial charge is 0.478 e. The number of fused-ring (bicyclic) bond motifs is 4. The van der Waals surface area contributed by atoms with Gasteiger partial charge in [0.1, 0.15) is 48.0 Å². The molecule has 14 rings (SSSR count). The van der Waals surface area contributed by atoms with Gasteiger partial charge < -0.3 is 20.1 Å². The van der Waals surface area contributed by atoms with Gasteiger partial charge in [-0.2, -0.15) is 30.4 Å². The van der Waals surface area contributed by atoms with Gasteiger partial charge in [-0.1, -0.05) is 23.2 Å². The second kappa shape index (κ2) is 28.8. The fraction of sp³-hybridized carbons (Fsp3) is 0.294. The normalized spacial score (nSPS) is 13.8. The van der Waals surface area contributed by atoms with E-state index < -0.39 is 78.3 Å². The highest BCUT2D eigenvalue weighted by atomic mass is 35.5. The molecule has 4 aromatic carbocycles. The molecule has 0 aliphatic heterocycles. The minimum atomic E-state index is -3.80. The molecular formula is C68H64Cl2F4N18O10S2. The number of nitrogens with one attached hydrogen (secondary N) is 4. The van der Waals surface area contributed by atoms with Crippen molar-refractivity contribution in [2.45, 2.75) is 89.4 Å². The average Bonchev–Trinajstić information content (AvgIpc) is 1.46. The number of anilines is 2. The molecule has 8 aromatic heterocycles. The van der Waals surface area contributed by atoms with E-state index in [9.17, 15) is 53.6 Å². The lowest BCUT2D eigenvalue weighted by atomic mass is 10.0. The quantitative estimate of drug-likeness (QED) is 0.0410. The maximum atomic E-state index is 14.6. The number of aromatic nitrogens is 14. The summed E-state index contributed by atoms with van der Waals surface area (Å²) in [5.41, 5.74) is 1.66. The number of sulfonamides is 2. The number of hydrogen-bond donors (Lipinski definition) is 4. The van der Waals surface area contributed by atoms with E-state index >= 15 is 0 Å². The minimum absolute atomic E-state index is 0.0114. The molecule has 0 unspecified atom stereocenters. The van der Waals surface area contributed by atoms with E-state index in [4.69, 9.17) is 42.6 Å². The maximum Gasteiger partial charge on any atom is 0.267 e. The molecule has 36 heteroatoms. The Morgan fingerprint density at radius 1 is 0.538 bits per heavy atom. The molecule has 104 heavy (non-hydrogen) atoms. The van der Waals surface area contributed by atoms with Crippen molar-refractivity contribution in [2.75, 3.05) is 35.2 Å². The van der Waals surface area contributed by atoms with Crippen molar-refractivity contribution < 1.29 is 53.5 Å². The molecule has 12 aromatic rings. The summed E-state index contributed by atoms with van der Waals surface area (Å²) in [6.45, 7) is 3.72. The highest BCUT2D eigenvalue weighted by Gasteiger charge is 2.33. The van der Waals surface area contributed by atoms with Gasteiger partial charge in [-0.15, -0.1) is 0 Å². The average molecular weight is 1500 g/mol. The summed E-state index contributed by atoms with van der Waals surface area (Å²) in [5.74, 6) is -3.55. The Bertz CT molecular complexity index is 5410. The Labute approximate surface area is 599 Å². The molecule has 0 saturated heterocycles. The van der Waals surface area contributed by atoms with Crippen LogP contribution in [-0.4, -0.2) is 123 Å². The van der Waals surface area contributed by atoms with Gasteiger partial charge >= 0.3 is 0 Å². The van der Waals surface area contributed by atoms with E-state index in [0.717, 1.165) is 86.0 Å². The molecule has 2 atom stereocenters. The third kappa shape index (κ3) is 15.7. The maximum absolute atomic E-state index is 14.6. The molecule has 2 fully saturated rings. The Morgan fingerprint density at radius 3 is 1.26 bits per heavy atom. The van der Waals surface area contributed by atoms with Gasteiger partial charge in [-0.3, -0.25) is 56.5 Å².